The Balaban J connectivity index is 2.55. The third kappa shape index (κ3) is 1.48. The average molecular weight is 184 g/mol. The van der Waals surface area contributed by atoms with E-state index in [2.05, 4.69) is 12.2 Å². The van der Waals surface area contributed by atoms with Crippen molar-refractivity contribution in [1.82, 2.24) is 0 Å². The number of nitrogens with one attached hydrogen (secondary N) is 1. The highest BCUT2D eigenvalue weighted by atomic mass is 32.1. The zero-order valence-electron chi connectivity index (χ0n) is 7.02. The van der Waals surface area contributed by atoms with Crippen molar-refractivity contribution in [3.8, 4) is 0 Å². The van der Waals surface area contributed by atoms with Crippen molar-refractivity contribution in [2.75, 3.05) is 17.6 Å². The molecule has 0 aliphatic carbocycles. The Bertz CT molecular complexity index is 339. The fourth-order valence-electron chi connectivity index (χ4n) is 0.975. The number of unbranched alkanes of at least 4 members (excludes halogenated alkanes) is 1. The molecule has 66 valence electrons. The van der Waals surface area contributed by atoms with E-state index < -0.39 is 0 Å². The van der Waals surface area contributed by atoms with E-state index in [-0.39, 0.29) is 11.1 Å². The van der Waals surface area contributed by atoms with Gasteiger partial charge in [-0.3, -0.25) is 4.79 Å². The van der Waals surface area contributed by atoms with E-state index in [4.69, 9.17) is 18.0 Å². The first-order chi connectivity index (χ1) is 5.68. The molecule has 0 aromatic heterocycles. The summed E-state index contributed by atoms with van der Waals surface area (Å²) in [5.41, 5.74) is 6.19. The van der Waals surface area contributed by atoms with Crippen molar-refractivity contribution < 1.29 is 0 Å². The van der Waals surface area contributed by atoms with Crippen LogP contribution in [0.25, 0.3) is 0 Å². The Kier molecular flexibility index (Phi) is 2.81. The van der Waals surface area contributed by atoms with Gasteiger partial charge in [-0.05, 0) is 6.42 Å². The van der Waals surface area contributed by atoms with Crippen LogP contribution in [0.5, 0.6) is 0 Å². The minimum atomic E-state index is -0.191. The normalized spacial score (nSPS) is 10.4. The van der Waals surface area contributed by atoms with Gasteiger partial charge in [-0.2, -0.15) is 0 Å². The third-order valence-corrected chi connectivity index (χ3v) is 2.17. The van der Waals surface area contributed by atoms with E-state index in [9.17, 15) is 4.79 Å². The average Bonchev–Trinajstić information content (AvgIpc) is 2.11. The highest BCUT2D eigenvalue weighted by Gasteiger charge is 2.12. The van der Waals surface area contributed by atoms with Crippen molar-refractivity contribution in [2.45, 2.75) is 19.8 Å². The molecule has 0 atom stereocenters. The second-order valence-corrected chi connectivity index (χ2v) is 3.14. The molecule has 0 unspecified atom stereocenters. The summed E-state index contributed by atoms with van der Waals surface area (Å²) < 4.78 is 0.351. The summed E-state index contributed by atoms with van der Waals surface area (Å²) in [6, 6.07) is 0. The third-order valence-electron chi connectivity index (χ3n) is 1.78. The number of hydrogen-bond donors (Lipinski definition) is 2. The second kappa shape index (κ2) is 3.67. The lowest BCUT2D eigenvalue weighted by atomic mass is 10.2. The van der Waals surface area contributed by atoms with Crippen LogP contribution in [0.15, 0.2) is 4.79 Å². The molecule has 12 heavy (non-hydrogen) atoms. The maximum absolute atomic E-state index is 10.8. The summed E-state index contributed by atoms with van der Waals surface area (Å²) in [6.07, 6.45) is 2.18. The van der Waals surface area contributed by atoms with Crippen molar-refractivity contribution in [2.24, 2.45) is 0 Å². The summed E-state index contributed by atoms with van der Waals surface area (Å²) in [5, 5.41) is 3.04. The van der Waals surface area contributed by atoms with Crippen molar-refractivity contribution >= 4 is 23.6 Å². The maximum atomic E-state index is 10.8. The quantitative estimate of drug-likeness (QED) is 0.549. The molecule has 4 heteroatoms. The molecule has 0 spiro atoms. The smallest absolute Gasteiger partial charge is 0.223 e. The van der Waals surface area contributed by atoms with Crippen molar-refractivity contribution in [3.05, 3.63) is 14.7 Å². The maximum Gasteiger partial charge on any atom is 0.223 e. The summed E-state index contributed by atoms with van der Waals surface area (Å²) >= 11 is 4.80. The molecule has 0 fully saturated rings. The monoisotopic (exact) mass is 184 g/mol. The predicted molar refractivity (Wildman–Crippen MR) is 53.7 cm³/mol. The van der Waals surface area contributed by atoms with E-state index in [0.29, 0.717) is 10.2 Å². The molecule has 0 bridgehead atoms. The fourth-order valence-corrected chi connectivity index (χ4v) is 1.27. The van der Waals surface area contributed by atoms with E-state index in [1.54, 1.807) is 0 Å². The minimum absolute atomic E-state index is 0.191. The van der Waals surface area contributed by atoms with Gasteiger partial charge < -0.3 is 11.1 Å². The summed E-state index contributed by atoms with van der Waals surface area (Å²) in [5.74, 6) is 0. The van der Waals surface area contributed by atoms with Crippen LogP contribution in [0.2, 0.25) is 0 Å². The van der Waals surface area contributed by atoms with Gasteiger partial charge in [0.25, 0.3) is 0 Å². The molecular formula is C8H12N2OS. The van der Waals surface area contributed by atoms with Crippen molar-refractivity contribution in [3.63, 3.8) is 0 Å². The lowest BCUT2D eigenvalue weighted by molar-refractivity contribution is 0.833. The Morgan fingerprint density at radius 2 is 2.25 bits per heavy atom. The van der Waals surface area contributed by atoms with E-state index in [0.717, 1.165) is 19.4 Å². The van der Waals surface area contributed by atoms with Crippen LogP contribution in [-0.2, 0) is 0 Å². The zero-order chi connectivity index (χ0) is 9.14. The molecule has 0 aliphatic rings. The number of nitrogen functional groups attached to an aromatic ring is 1. The van der Waals surface area contributed by atoms with E-state index in [1.807, 2.05) is 0 Å². The molecule has 1 aromatic carbocycles. The first-order valence-corrected chi connectivity index (χ1v) is 4.42. The Morgan fingerprint density at radius 1 is 1.58 bits per heavy atom. The molecule has 0 amide bonds. The topological polar surface area (TPSA) is 55.1 Å². The first kappa shape index (κ1) is 9.19. The summed E-state index contributed by atoms with van der Waals surface area (Å²) in [6.45, 7) is 2.93. The van der Waals surface area contributed by atoms with Crippen LogP contribution >= 0.6 is 12.2 Å². The molecule has 0 radical (unpaired) electrons. The Morgan fingerprint density at radius 3 is 2.75 bits per heavy atom. The molecule has 0 heterocycles. The number of nitrogens with two attached hydrogens (primary N) is 1. The van der Waals surface area contributed by atoms with Crippen LogP contribution < -0.4 is 16.5 Å². The van der Waals surface area contributed by atoms with Crippen molar-refractivity contribution in [1.29, 1.82) is 0 Å². The van der Waals surface area contributed by atoms with Crippen LogP contribution in [0.3, 0.4) is 0 Å². The van der Waals surface area contributed by atoms with Gasteiger partial charge in [-0.25, -0.2) is 0 Å². The second-order valence-electron chi connectivity index (χ2n) is 2.73. The van der Waals surface area contributed by atoms with Gasteiger partial charge in [0.2, 0.25) is 5.43 Å². The van der Waals surface area contributed by atoms with Gasteiger partial charge in [0, 0.05) is 6.54 Å². The van der Waals surface area contributed by atoms with E-state index >= 15 is 0 Å². The number of hydrogen-bond acceptors (Lipinski definition) is 4. The molecule has 0 saturated heterocycles. The van der Waals surface area contributed by atoms with E-state index in [1.165, 1.54) is 0 Å². The first-order valence-electron chi connectivity index (χ1n) is 4.01. The predicted octanol–water partition coefficient (Wildman–Crippen LogP) is 1.45. The van der Waals surface area contributed by atoms with Crippen LogP contribution in [-0.4, -0.2) is 6.54 Å². The molecule has 0 saturated carbocycles. The molecule has 3 N–H and O–H groups in total. The summed E-state index contributed by atoms with van der Waals surface area (Å²) in [7, 11) is 0. The number of anilines is 2. The lowest BCUT2D eigenvalue weighted by Gasteiger charge is -2.10. The van der Waals surface area contributed by atoms with Gasteiger partial charge in [0.05, 0.1) is 5.69 Å². The largest absolute Gasteiger partial charge is 0.394 e. The Labute approximate surface area is 76.3 Å². The van der Waals surface area contributed by atoms with Gasteiger partial charge in [-0.1, -0.05) is 25.6 Å². The minimum Gasteiger partial charge on any atom is -0.394 e. The van der Waals surface area contributed by atoms with Crippen LogP contribution in [0.1, 0.15) is 19.8 Å². The zero-order valence-corrected chi connectivity index (χ0v) is 7.83. The lowest BCUT2D eigenvalue weighted by Crippen LogP contribution is -2.20. The molecule has 1 aromatic rings. The van der Waals surface area contributed by atoms with Gasteiger partial charge in [0.1, 0.15) is 10.2 Å². The Hall–Kier alpha value is -0.900. The van der Waals surface area contributed by atoms with Gasteiger partial charge >= 0.3 is 0 Å². The fraction of sp³-hybridized carbons (Fsp3) is 0.500. The van der Waals surface area contributed by atoms with Gasteiger partial charge in [-0.15, -0.1) is 0 Å². The molecule has 3 nitrogen and oxygen atoms in total. The molecule has 1 rings (SSSR count). The standard InChI is InChI=1S/C8H12N2OS/c1-2-3-4-10-6-5(9)7(11)8(6)12/h10H,2-4,9H2,1H3. The SMILES string of the molecule is CCCCNc1c(N)c(=O)c1=S. The molecule has 0 aliphatic heterocycles. The van der Waals surface area contributed by atoms with Gasteiger partial charge in [0.15, 0.2) is 0 Å². The summed E-state index contributed by atoms with van der Waals surface area (Å²) in [4.78, 5) is 10.8. The highest BCUT2D eigenvalue weighted by molar-refractivity contribution is 7.71. The van der Waals surface area contributed by atoms with Crippen LogP contribution in [0.4, 0.5) is 11.4 Å². The highest BCUT2D eigenvalue weighted by Crippen LogP contribution is 2.18. The molecular weight excluding hydrogens is 172 g/mol. The van der Waals surface area contributed by atoms with Crippen LogP contribution in [0, 0.1) is 4.51 Å². The number of rotatable bonds is 4.